The first-order valence-corrected chi connectivity index (χ1v) is 7.98. The fraction of sp³-hybridized carbons (Fsp3) is 0.312. The summed E-state index contributed by atoms with van der Waals surface area (Å²) in [7, 11) is 3.24. The predicted molar refractivity (Wildman–Crippen MR) is 88.9 cm³/mol. The van der Waals surface area contributed by atoms with Crippen LogP contribution in [0.1, 0.15) is 23.3 Å². The van der Waals surface area contributed by atoms with Crippen LogP contribution in [0.25, 0.3) is 0 Å². The zero-order valence-electron chi connectivity index (χ0n) is 12.7. The van der Waals surface area contributed by atoms with E-state index in [9.17, 15) is 9.90 Å². The molecule has 22 heavy (non-hydrogen) atoms. The van der Waals surface area contributed by atoms with E-state index >= 15 is 0 Å². The Labute approximate surface area is 138 Å². The van der Waals surface area contributed by atoms with Gasteiger partial charge in [0.05, 0.1) is 17.4 Å². The van der Waals surface area contributed by atoms with Gasteiger partial charge in [-0.15, -0.1) is 11.3 Å². The monoisotopic (exact) mass is 339 g/mol. The van der Waals surface area contributed by atoms with E-state index in [1.54, 1.807) is 30.1 Å². The van der Waals surface area contributed by atoms with Crippen LogP contribution < -0.4 is 4.74 Å². The Hall–Kier alpha value is -1.72. The first kappa shape index (κ1) is 16.6. The zero-order valence-corrected chi connectivity index (χ0v) is 14.2. The average Bonchev–Trinajstić information content (AvgIpc) is 2.92. The highest BCUT2D eigenvalue weighted by atomic mass is 35.5. The van der Waals surface area contributed by atoms with Gasteiger partial charge in [0, 0.05) is 18.5 Å². The summed E-state index contributed by atoms with van der Waals surface area (Å²) in [5.41, 5.74) is 0.838. The molecule has 1 heterocycles. The summed E-state index contributed by atoms with van der Waals surface area (Å²) in [6.07, 6.45) is 0. The number of halogens is 1. The quantitative estimate of drug-likeness (QED) is 0.899. The maximum atomic E-state index is 12.5. The van der Waals surface area contributed by atoms with Gasteiger partial charge >= 0.3 is 0 Å². The predicted octanol–water partition coefficient (Wildman–Crippen LogP) is 3.88. The molecule has 1 aromatic heterocycles. The number of thiophene rings is 1. The number of benzene rings is 1. The summed E-state index contributed by atoms with van der Waals surface area (Å²) < 4.78 is 5.69. The van der Waals surface area contributed by atoms with Gasteiger partial charge in [-0.1, -0.05) is 17.7 Å². The second-order valence-electron chi connectivity index (χ2n) is 5.06. The van der Waals surface area contributed by atoms with Crippen LogP contribution in [0.3, 0.4) is 0 Å². The van der Waals surface area contributed by atoms with Gasteiger partial charge in [0.15, 0.2) is 11.5 Å². The Morgan fingerprint density at radius 3 is 2.68 bits per heavy atom. The van der Waals surface area contributed by atoms with Crippen LogP contribution in [0.15, 0.2) is 30.3 Å². The van der Waals surface area contributed by atoms with Crippen molar-refractivity contribution in [1.82, 2.24) is 4.90 Å². The molecule has 6 heteroatoms. The molecule has 0 bridgehead atoms. The maximum absolute atomic E-state index is 12.5. The smallest absolute Gasteiger partial charge is 0.230 e. The SMILES string of the molecule is COc1ccc(CN(C)C(=O)C(C)c2ccc(Cl)s2)cc1O. The minimum atomic E-state index is -0.241. The molecule has 0 aliphatic rings. The van der Waals surface area contributed by atoms with Gasteiger partial charge in [-0.25, -0.2) is 0 Å². The van der Waals surface area contributed by atoms with Gasteiger partial charge in [-0.2, -0.15) is 0 Å². The standard InChI is InChI=1S/C16H18ClNO3S/c1-10(14-6-7-15(17)22-14)16(20)18(2)9-11-4-5-13(21-3)12(19)8-11/h4-8,10,19H,9H2,1-3H3. The fourth-order valence-electron chi connectivity index (χ4n) is 2.20. The van der Waals surface area contributed by atoms with Crippen molar-refractivity contribution in [2.45, 2.75) is 19.4 Å². The molecule has 0 saturated heterocycles. The van der Waals surface area contributed by atoms with Crippen molar-refractivity contribution in [1.29, 1.82) is 0 Å². The van der Waals surface area contributed by atoms with Gasteiger partial charge in [0.25, 0.3) is 0 Å². The minimum absolute atomic E-state index is 0.00817. The van der Waals surface area contributed by atoms with Crippen molar-refractivity contribution < 1.29 is 14.6 Å². The van der Waals surface area contributed by atoms with E-state index in [1.165, 1.54) is 18.4 Å². The summed E-state index contributed by atoms with van der Waals surface area (Å²) in [6, 6.07) is 8.80. The molecule has 118 valence electrons. The topological polar surface area (TPSA) is 49.8 Å². The van der Waals surface area contributed by atoms with E-state index in [0.717, 1.165) is 10.4 Å². The summed E-state index contributed by atoms with van der Waals surface area (Å²) in [4.78, 5) is 15.0. The Balaban J connectivity index is 2.06. The lowest BCUT2D eigenvalue weighted by Crippen LogP contribution is -2.29. The number of carbonyl (C=O) groups excluding carboxylic acids is 1. The molecular weight excluding hydrogens is 322 g/mol. The third-order valence-corrected chi connectivity index (χ3v) is 4.84. The van der Waals surface area contributed by atoms with E-state index in [2.05, 4.69) is 0 Å². The van der Waals surface area contributed by atoms with E-state index in [4.69, 9.17) is 16.3 Å². The number of phenols is 1. The summed E-state index contributed by atoms with van der Waals surface area (Å²) in [5, 5.41) is 9.79. The first-order chi connectivity index (χ1) is 10.4. The van der Waals surface area contributed by atoms with Crippen molar-refractivity contribution in [2.75, 3.05) is 14.2 Å². The molecule has 4 nitrogen and oxygen atoms in total. The second kappa shape index (κ2) is 7.03. The number of nitrogens with zero attached hydrogens (tertiary/aromatic N) is 1. The fourth-order valence-corrected chi connectivity index (χ4v) is 3.30. The number of likely N-dealkylation sites (N-methyl/N-ethyl adjacent to an activating group) is 1. The van der Waals surface area contributed by atoms with Crippen molar-refractivity contribution in [3.63, 3.8) is 0 Å². The summed E-state index contributed by atoms with van der Waals surface area (Å²) in [6.45, 7) is 2.28. The van der Waals surface area contributed by atoms with E-state index in [0.29, 0.717) is 16.6 Å². The Morgan fingerprint density at radius 1 is 1.41 bits per heavy atom. The third kappa shape index (κ3) is 3.72. The number of carbonyl (C=O) groups is 1. The molecule has 1 unspecified atom stereocenters. The maximum Gasteiger partial charge on any atom is 0.230 e. The molecule has 1 amide bonds. The number of hydrogen-bond acceptors (Lipinski definition) is 4. The van der Waals surface area contributed by atoms with Crippen LogP contribution in [0, 0.1) is 0 Å². The number of aromatic hydroxyl groups is 1. The van der Waals surface area contributed by atoms with Crippen molar-refractivity contribution in [2.24, 2.45) is 0 Å². The van der Waals surface area contributed by atoms with Gasteiger partial charge < -0.3 is 14.7 Å². The van der Waals surface area contributed by atoms with Crippen LogP contribution >= 0.6 is 22.9 Å². The van der Waals surface area contributed by atoms with Crippen molar-refractivity contribution in [3.8, 4) is 11.5 Å². The highest BCUT2D eigenvalue weighted by Crippen LogP contribution is 2.30. The zero-order chi connectivity index (χ0) is 16.3. The van der Waals surface area contributed by atoms with E-state index in [1.807, 2.05) is 19.1 Å². The molecule has 0 radical (unpaired) electrons. The number of amides is 1. The molecule has 0 aliphatic heterocycles. The van der Waals surface area contributed by atoms with Gasteiger partial charge in [-0.3, -0.25) is 4.79 Å². The highest BCUT2D eigenvalue weighted by Gasteiger charge is 2.21. The molecule has 1 atom stereocenters. The summed E-state index contributed by atoms with van der Waals surface area (Å²) >= 11 is 7.34. The molecule has 0 aliphatic carbocycles. The molecule has 0 saturated carbocycles. The molecule has 2 rings (SSSR count). The summed E-state index contributed by atoms with van der Waals surface area (Å²) in [5.74, 6) is 0.251. The first-order valence-electron chi connectivity index (χ1n) is 6.78. The van der Waals surface area contributed by atoms with Crippen LogP contribution in [-0.4, -0.2) is 30.1 Å². The van der Waals surface area contributed by atoms with Crippen LogP contribution in [-0.2, 0) is 11.3 Å². The van der Waals surface area contributed by atoms with Crippen LogP contribution in [0.4, 0.5) is 0 Å². The van der Waals surface area contributed by atoms with Crippen molar-refractivity contribution in [3.05, 3.63) is 45.1 Å². The molecule has 2 aromatic rings. The lowest BCUT2D eigenvalue weighted by molar-refractivity contribution is -0.131. The average molecular weight is 340 g/mol. The number of phenolic OH excluding ortho intramolecular Hbond substituents is 1. The highest BCUT2D eigenvalue weighted by molar-refractivity contribution is 7.16. The molecule has 1 aromatic carbocycles. The van der Waals surface area contributed by atoms with Crippen molar-refractivity contribution >= 4 is 28.8 Å². The number of ether oxygens (including phenoxy) is 1. The van der Waals surface area contributed by atoms with E-state index < -0.39 is 0 Å². The lowest BCUT2D eigenvalue weighted by atomic mass is 10.1. The van der Waals surface area contributed by atoms with Gasteiger partial charge in [0.2, 0.25) is 5.91 Å². The van der Waals surface area contributed by atoms with Crippen LogP contribution in [0.5, 0.6) is 11.5 Å². The largest absolute Gasteiger partial charge is 0.504 e. The molecule has 0 spiro atoms. The molecule has 1 N–H and O–H groups in total. The van der Waals surface area contributed by atoms with E-state index in [-0.39, 0.29) is 17.6 Å². The second-order valence-corrected chi connectivity index (χ2v) is 6.81. The number of rotatable bonds is 5. The van der Waals surface area contributed by atoms with Gasteiger partial charge in [0.1, 0.15) is 0 Å². The number of hydrogen-bond donors (Lipinski definition) is 1. The lowest BCUT2D eigenvalue weighted by Gasteiger charge is -2.21. The minimum Gasteiger partial charge on any atom is -0.504 e. The Bertz CT molecular complexity index is 671. The Morgan fingerprint density at radius 2 is 2.14 bits per heavy atom. The molecular formula is C16H18ClNO3S. The third-order valence-electron chi connectivity index (χ3n) is 3.43. The number of methoxy groups -OCH3 is 1. The normalized spacial score (nSPS) is 12.0. The van der Waals surface area contributed by atoms with Crippen LogP contribution in [0.2, 0.25) is 4.34 Å². The van der Waals surface area contributed by atoms with Gasteiger partial charge in [-0.05, 0) is 36.8 Å². The molecule has 0 fully saturated rings. The Kier molecular flexibility index (Phi) is 5.32.